The van der Waals surface area contributed by atoms with E-state index in [2.05, 4.69) is 23.2 Å². The molecule has 0 saturated carbocycles. The summed E-state index contributed by atoms with van der Waals surface area (Å²) in [7, 11) is 0. The van der Waals surface area contributed by atoms with Crippen molar-refractivity contribution in [2.45, 2.75) is 58.1 Å². The summed E-state index contributed by atoms with van der Waals surface area (Å²) in [5.41, 5.74) is -0.355. The first-order valence-corrected chi connectivity index (χ1v) is 7.63. The molecule has 1 saturated heterocycles. The van der Waals surface area contributed by atoms with Crippen LogP contribution in [0.15, 0.2) is 0 Å². The van der Waals surface area contributed by atoms with Crippen molar-refractivity contribution in [2.75, 3.05) is 32.8 Å². The highest BCUT2D eigenvalue weighted by molar-refractivity contribution is 5.03. The van der Waals surface area contributed by atoms with Crippen molar-refractivity contribution in [3.05, 3.63) is 0 Å². The molecule has 1 aliphatic rings. The molecule has 1 rings (SSSR count). The summed E-state index contributed by atoms with van der Waals surface area (Å²) in [6.45, 7) is 11.2. The van der Waals surface area contributed by atoms with Crippen LogP contribution in [0.4, 0.5) is 0 Å². The van der Waals surface area contributed by atoms with Crippen LogP contribution in [-0.2, 0) is 4.74 Å². The minimum absolute atomic E-state index is 0.355. The molecular formula is C15H29N3O. The van der Waals surface area contributed by atoms with Gasteiger partial charge in [0.1, 0.15) is 5.54 Å². The van der Waals surface area contributed by atoms with E-state index < -0.39 is 0 Å². The Morgan fingerprint density at radius 2 is 2.21 bits per heavy atom. The van der Waals surface area contributed by atoms with Crippen LogP contribution in [-0.4, -0.2) is 49.3 Å². The summed E-state index contributed by atoms with van der Waals surface area (Å²) in [5, 5.41) is 12.5. The van der Waals surface area contributed by atoms with Gasteiger partial charge in [-0.05, 0) is 45.7 Å². The van der Waals surface area contributed by atoms with Gasteiger partial charge in [0, 0.05) is 13.1 Å². The van der Waals surface area contributed by atoms with E-state index in [9.17, 15) is 5.26 Å². The van der Waals surface area contributed by atoms with Crippen LogP contribution in [0.25, 0.3) is 0 Å². The maximum absolute atomic E-state index is 9.19. The number of unbranched alkanes of at least 4 members (excludes halogenated alkanes) is 1. The molecule has 19 heavy (non-hydrogen) atoms. The third-order valence-electron chi connectivity index (χ3n) is 3.89. The van der Waals surface area contributed by atoms with E-state index in [0.717, 1.165) is 52.0 Å². The number of hydrogen-bond donors (Lipinski definition) is 1. The monoisotopic (exact) mass is 267 g/mol. The van der Waals surface area contributed by atoms with Gasteiger partial charge < -0.3 is 4.74 Å². The number of rotatable bonds is 8. The Kier molecular flexibility index (Phi) is 7.37. The highest BCUT2D eigenvalue weighted by Crippen LogP contribution is 2.14. The third kappa shape index (κ3) is 5.90. The highest BCUT2D eigenvalue weighted by Gasteiger charge is 2.22. The van der Waals surface area contributed by atoms with E-state index in [1.807, 2.05) is 13.8 Å². The van der Waals surface area contributed by atoms with Gasteiger partial charge in [0.05, 0.1) is 18.8 Å². The molecule has 0 aliphatic carbocycles. The van der Waals surface area contributed by atoms with Gasteiger partial charge in [0.25, 0.3) is 0 Å². The lowest BCUT2D eigenvalue weighted by molar-refractivity contribution is -0.0300. The maximum atomic E-state index is 9.19. The molecular weight excluding hydrogens is 238 g/mol. The molecule has 0 aromatic heterocycles. The minimum Gasteiger partial charge on any atom is -0.376 e. The van der Waals surface area contributed by atoms with Gasteiger partial charge in [0.15, 0.2) is 0 Å². The summed E-state index contributed by atoms with van der Waals surface area (Å²) in [6, 6.07) is 2.39. The van der Waals surface area contributed by atoms with Crippen LogP contribution in [0.3, 0.4) is 0 Å². The number of morpholine rings is 1. The molecule has 1 N–H and O–H groups in total. The predicted molar refractivity (Wildman–Crippen MR) is 78.0 cm³/mol. The number of ether oxygens (including phenoxy) is 1. The van der Waals surface area contributed by atoms with Crippen molar-refractivity contribution < 1.29 is 4.74 Å². The molecule has 0 aromatic carbocycles. The van der Waals surface area contributed by atoms with E-state index in [1.54, 1.807) is 0 Å². The van der Waals surface area contributed by atoms with Gasteiger partial charge in [-0.3, -0.25) is 10.2 Å². The molecule has 0 spiro atoms. The Morgan fingerprint density at radius 1 is 1.42 bits per heavy atom. The maximum Gasteiger partial charge on any atom is 0.103 e. The lowest BCUT2D eigenvalue weighted by Crippen LogP contribution is -2.43. The molecule has 0 bridgehead atoms. The van der Waals surface area contributed by atoms with Crippen LogP contribution in [0.5, 0.6) is 0 Å². The average Bonchev–Trinajstić information content (AvgIpc) is 2.44. The SMILES string of the molecule is CCNC(C)(C#N)CCCCN1CCOC(CC)C1. The van der Waals surface area contributed by atoms with Gasteiger partial charge >= 0.3 is 0 Å². The summed E-state index contributed by atoms with van der Waals surface area (Å²) in [5.74, 6) is 0. The van der Waals surface area contributed by atoms with Gasteiger partial charge in [0.2, 0.25) is 0 Å². The summed E-state index contributed by atoms with van der Waals surface area (Å²) in [6.07, 6.45) is 4.71. The number of hydrogen-bond acceptors (Lipinski definition) is 4. The van der Waals surface area contributed by atoms with Crippen molar-refractivity contribution in [1.29, 1.82) is 5.26 Å². The summed E-state index contributed by atoms with van der Waals surface area (Å²) in [4.78, 5) is 2.49. The lowest BCUT2D eigenvalue weighted by Gasteiger charge is -2.32. The summed E-state index contributed by atoms with van der Waals surface area (Å²) >= 11 is 0. The fourth-order valence-electron chi connectivity index (χ4n) is 2.62. The molecule has 4 nitrogen and oxygen atoms in total. The molecule has 0 amide bonds. The fourth-order valence-corrected chi connectivity index (χ4v) is 2.62. The predicted octanol–water partition coefficient (Wildman–Crippen LogP) is 2.16. The van der Waals surface area contributed by atoms with Crippen molar-refractivity contribution in [2.24, 2.45) is 0 Å². The Morgan fingerprint density at radius 3 is 2.84 bits per heavy atom. The van der Waals surface area contributed by atoms with Crippen LogP contribution < -0.4 is 5.32 Å². The van der Waals surface area contributed by atoms with Gasteiger partial charge in [-0.25, -0.2) is 0 Å². The first-order chi connectivity index (χ1) is 9.13. The van der Waals surface area contributed by atoms with E-state index in [4.69, 9.17) is 4.74 Å². The molecule has 110 valence electrons. The van der Waals surface area contributed by atoms with E-state index >= 15 is 0 Å². The second-order valence-electron chi connectivity index (χ2n) is 5.63. The molecule has 1 heterocycles. The average molecular weight is 267 g/mol. The Hall–Kier alpha value is -0.630. The number of nitrogens with zero attached hydrogens (tertiary/aromatic N) is 2. The van der Waals surface area contributed by atoms with Crippen molar-refractivity contribution >= 4 is 0 Å². The smallest absolute Gasteiger partial charge is 0.103 e. The van der Waals surface area contributed by atoms with E-state index in [1.165, 1.54) is 6.42 Å². The molecule has 2 atom stereocenters. The lowest BCUT2D eigenvalue weighted by atomic mass is 9.96. The molecule has 2 unspecified atom stereocenters. The Bertz CT molecular complexity index is 290. The quantitative estimate of drug-likeness (QED) is 0.685. The third-order valence-corrected chi connectivity index (χ3v) is 3.89. The van der Waals surface area contributed by atoms with Crippen LogP contribution in [0.2, 0.25) is 0 Å². The number of nitriles is 1. The molecule has 1 aliphatic heterocycles. The molecule has 4 heteroatoms. The zero-order chi connectivity index (χ0) is 14.1. The largest absolute Gasteiger partial charge is 0.376 e. The fraction of sp³-hybridized carbons (Fsp3) is 0.933. The Balaban J connectivity index is 2.18. The Labute approximate surface area is 118 Å². The topological polar surface area (TPSA) is 48.3 Å². The van der Waals surface area contributed by atoms with Gasteiger partial charge in [-0.1, -0.05) is 13.8 Å². The summed E-state index contributed by atoms with van der Waals surface area (Å²) < 4.78 is 5.67. The van der Waals surface area contributed by atoms with Crippen LogP contribution in [0, 0.1) is 11.3 Å². The minimum atomic E-state index is -0.355. The van der Waals surface area contributed by atoms with E-state index in [-0.39, 0.29) is 5.54 Å². The highest BCUT2D eigenvalue weighted by atomic mass is 16.5. The molecule has 1 fully saturated rings. The van der Waals surface area contributed by atoms with Crippen molar-refractivity contribution in [1.82, 2.24) is 10.2 Å². The first-order valence-electron chi connectivity index (χ1n) is 7.63. The second-order valence-corrected chi connectivity index (χ2v) is 5.63. The second kappa shape index (κ2) is 8.52. The number of nitrogens with one attached hydrogen (secondary N) is 1. The zero-order valence-corrected chi connectivity index (χ0v) is 12.7. The normalized spacial score (nSPS) is 23.8. The molecule has 0 radical (unpaired) electrons. The van der Waals surface area contributed by atoms with Crippen molar-refractivity contribution in [3.8, 4) is 6.07 Å². The standard InChI is InChI=1S/C15H29N3O/c1-4-14-12-18(10-11-19-14)9-7-6-8-15(3,13-16)17-5-2/h14,17H,4-12H2,1-3H3. The van der Waals surface area contributed by atoms with Crippen LogP contribution in [0.1, 0.15) is 46.5 Å². The first kappa shape index (κ1) is 16.4. The molecule has 0 aromatic rings. The van der Waals surface area contributed by atoms with Crippen LogP contribution >= 0.6 is 0 Å². The zero-order valence-electron chi connectivity index (χ0n) is 12.7. The van der Waals surface area contributed by atoms with Gasteiger partial charge in [-0.15, -0.1) is 0 Å². The van der Waals surface area contributed by atoms with Crippen molar-refractivity contribution in [3.63, 3.8) is 0 Å². The van der Waals surface area contributed by atoms with E-state index in [0.29, 0.717) is 6.10 Å². The van der Waals surface area contributed by atoms with Gasteiger partial charge in [-0.2, -0.15) is 5.26 Å².